The topological polar surface area (TPSA) is 89.3 Å². The van der Waals surface area contributed by atoms with Crippen molar-refractivity contribution in [2.45, 2.75) is 39.2 Å². The molecule has 1 unspecified atom stereocenters. The van der Waals surface area contributed by atoms with Crippen LogP contribution in [0.3, 0.4) is 0 Å². The van der Waals surface area contributed by atoms with Crippen LogP contribution < -0.4 is 10.1 Å². The number of nitrogens with zero attached hydrogens (tertiary/aromatic N) is 3. The summed E-state index contributed by atoms with van der Waals surface area (Å²) in [7, 11) is 0. The molecular weight excluding hydrogens is 406 g/mol. The summed E-state index contributed by atoms with van der Waals surface area (Å²) in [6.07, 6.45) is 3.77. The zero-order valence-corrected chi connectivity index (χ0v) is 17.7. The number of aliphatic hydroxyl groups excluding tert-OH is 1. The van der Waals surface area contributed by atoms with Gasteiger partial charge in [-0.05, 0) is 43.5 Å². The first-order valence-corrected chi connectivity index (χ1v) is 10.0. The van der Waals surface area contributed by atoms with Gasteiger partial charge in [0.25, 0.3) is 11.8 Å². The fourth-order valence-corrected chi connectivity index (χ4v) is 3.16. The van der Waals surface area contributed by atoms with E-state index >= 15 is 0 Å². The molecule has 2 N–H and O–H groups in total. The minimum atomic E-state index is -2.90. The van der Waals surface area contributed by atoms with Crippen molar-refractivity contribution in [3.8, 4) is 5.75 Å². The number of nitrogens with one attached hydrogen (secondary N) is 1. The minimum absolute atomic E-state index is 0.00251. The molecule has 0 aliphatic heterocycles. The second-order valence-electron chi connectivity index (χ2n) is 7.59. The van der Waals surface area contributed by atoms with Crippen LogP contribution in [0, 0.1) is 6.92 Å². The summed E-state index contributed by atoms with van der Waals surface area (Å²) in [6, 6.07) is 6.93. The summed E-state index contributed by atoms with van der Waals surface area (Å²) < 4.78 is 33.1. The van der Waals surface area contributed by atoms with Crippen molar-refractivity contribution in [1.82, 2.24) is 20.1 Å². The van der Waals surface area contributed by atoms with E-state index in [2.05, 4.69) is 15.4 Å². The zero-order chi connectivity index (χ0) is 22.6. The molecule has 1 amide bonds. The number of hydrogen-bond donors (Lipinski definition) is 2. The number of rotatable bonds is 9. The highest BCUT2D eigenvalue weighted by atomic mass is 19.3. The smallest absolute Gasteiger partial charge is 0.278 e. The number of ether oxygens (including phenoxy) is 1. The number of pyridine rings is 1. The van der Waals surface area contributed by atoms with Crippen molar-refractivity contribution < 1.29 is 23.4 Å². The van der Waals surface area contributed by atoms with Gasteiger partial charge in [0.05, 0.1) is 16.9 Å². The van der Waals surface area contributed by atoms with E-state index in [9.17, 15) is 13.6 Å². The standard InChI is InChI=1S/C22H26F2N4O3/c1-14-11-16(5-6-19(14)31-13-22(3,23)24)15(2)28-12-17-18(27-28)7-9-25-20(17)21(30)26-8-4-10-29/h5-7,9,11-12,15,29H,4,8,10,13H2,1-3H3,(H,26,30). The van der Waals surface area contributed by atoms with Crippen LogP contribution in [0.2, 0.25) is 0 Å². The maximum absolute atomic E-state index is 13.1. The summed E-state index contributed by atoms with van der Waals surface area (Å²) in [4.78, 5) is 16.6. The summed E-state index contributed by atoms with van der Waals surface area (Å²) in [5.41, 5.74) is 2.57. The lowest BCUT2D eigenvalue weighted by molar-refractivity contribution is -0.0231. The molecule has 0 bridgehead atoms. The Morgan fingerprint density at radius 2 is 2.13 bits per heavy atom. The highest BCUT2D eigenvalue weighted by Crippen LogP contribution is 2.27. The number of amides is 1. The van der Waals surface area contributed by atoms with Gasteiger partial charge < -0.3 is 15.2 Å². The Kier molecular flexibility index (Phi) is 6.84. The molecule has 1 atom stereocenters. The Morgan fingerprint density at radius 1 is 1.35 bits per heavy atom. The van der Waals surface area contributed by atoms with E-state index in [1.807, 2.05) is 19.1 Å². The Labute approximate surface area is 179 Å². The van der Waals surface area contributed by atoms with Crippen LogP contribution in [0.4, 0.5) is 8.78 Å². The van der Waals surface area contributed by atoms with Crippen LogP contribution in [0.1, 0.15) is 47.9 Å². The van der Waals surface area contributed by atoms with Crippen molar-refractivity contribution in [1.29, 1.82) is 0 Å². The van der Waals surface area contributed by atoms with Crippen LogP contribution in [0.5, 0.6) is 5.75 Å². The average Bonchev–Trinajstić information content (AvgIpc) is 3.16. The quantitative estimate of drug-likeness (QED) is 0.505. The van der Waals surface area contributed by atoms with Gasteiger partial charge >= 0.3 is 0 Å². The fourth-order valence-electron chi connectivity index (χ4n) is 3.16. The maximum atomic E-state index is 13.1. The van der Waals surface area contributed by atoms with Gasteiger partial charge in [-0.3, -0.25) is 14.5 Å². The number of aryl methyl sites for hydroxylation is 1. The molecule has 3 aromatic rings. The predicted octanol–water partition coefficient (Wildman–Crippen LogP) is 3.50. The molecule has 1 aromatic carbocycles. The third-order valence-corrected chi connectivity index (χ3v) is 4.85. The van der Waals surface area contributed by atoms with Crippen molar-refractivity contribution in [2.75, 3.05) is 19.8 Å². The molecule has 0 aliphatic rings. The number of halogens is 2. The minimum Gasteiger partial charge on any atom is -0.487 e. The molecule has 0 saturated heterocycles. The van der Waals surface area contributed by atoms with E-state index in [-0.39, 0.29) is 24.2 Å². The van der Waals surface area contributed by atoms with E-state index in [4.69, 9.17) is 9.84 Å². The molecule has 0 aliphatic carbocycles. The highest BCUT2D eigenvalue weighted by Gasteiger charge is 2.23. The number of carbonyl (C=O) groups excluding carboxylic acids is 1. The number of fused-ring (bicyclic) bond motifs is 1. The molecule has 0 fully saturated rings. The third-order valence-electron chi connectivity index (χ3n) is 4.85. The van der Waals surface area contributed by atoms with Crippen LogP contribution in [-0.4, -0.2) is 51.5 Å². The molecule has 9 heteroatoms. The third kappa shape index (κ3) is 5.55. The molecular formula is C22H26F2N4O3. The Balaban J connectivity index is 1.82. The normalized spacial score (nSPS) is 12.7. The highest BCUT2D eigenvalue weighted by molar-refractivity contribution is 6.04. The molecule has 7 nitrogen and oxygen atoms in total. The molecule has 0 radical (unpaired) electrons. The molecule has 0 spiro atoms. The summed E-state index contributed by atoms with van der Waals surface area (Å²) in [6.45, 7) is 4.25. The Morgan fingerprint density at radius 3 is 2.81 bits per heavy atom. The Hall–Kier alpha value is -3.07. The number of aromatic nitrogens is 3. The van der Waals surface area contributed by atoms with E-state index in [0.29, 0.717) is 29.6 Å². The summed E-state index contributed by atoms with van der Waals surface area (Å²) >= 11 is 0. The number of aliphatic hydroxyl groups is 1. The van der Waals surface area contributed by atoms with Crippen molar-refractivity contribution in [3.05, 3.63) is 53.5 Å². The van der Waals surface area contributed by atoms with E-state index in [1.54, 1.807) is 29.9 Å². The lowest BCUT2D eigenvalue weighted by Gasteiger charge is -2.17. The largest absolute Gasteiger partial charge is 0.487 e. The second-order valence-corrected chi connectivity index (χ2v) is 7.59. The lowest BCUT2D eigenvalue weighted by atomic mass is 10.1. The zero-order valence-electron chi connectivity index (χ0n) is 17.7. The monoisotopic (exact) mass is 432 g/mol. The molecule has 3 rings (SSSR count). The van der Waals surface area contributed by atoms with Crippen molar-refractivity contribution >= 4 is 16.8 Å². The number of hydrogen-bond acceptors (Lipinski definition) is 5. The number of alkyl halides is 2. The fraction of sp³-hybridized carbons (Fsp3) is 0.409. The van der Waals surface area contributed by atoms with Gasteiger partial charge in [-0.25, -0.2) is 8.78 Å². The first-order chi connectivity index (χ1) is 14.7. The van der Waals surface area contributed by atoms with Gasteiger partial charge in [-0.1, -0.05) is 12.1 Å². The number of carbonyl (C=O) groups is 1. The van der Waals surface area contributed by atoms with Gasteiger partial charge in [0.1, 0.15) is 11.4 Å². The summed E-state index contributed by atoms with van der Waals surface area (Å²) in [5.74, 6) is -2.81. The van der Waals surface area contributed by atoms with Gasteiger partial charge in [0.2, 0.25) is 0 Å². The molecule has 166 valence electrons. The van der Waals surface area contributed by atoms with Crippen molar-refractivity contribution in [3.63, 3.8) is 0 Å². The van der Waals surface area contributed by atoms with E-state index in [0.717, 1.165) is 18.1 Å². The maximum Gasteiger partial charge on any atom is 0.278 e. The van der Waals surface area contributed by atoms with Gasteiger partial charge in [0, 0.05) is 32.5 Å². The molecule has 2 aromatic heterocycles. The first-order valence-electron chi connectivity index (χ1n) is 10.0. The lowest BCUT2D eigenvalue weighted by Crippen LogP contribution is -2.26. The van der Waals surface area contributed by atoms with Crippen LogP contribution in [0.25, 0.3) is 10.9 Å². The van der Waals surface area contributed by atoms with Crippen LogP contribution in [0.15, 0.2) is 36.7 Å². The van der Waals surface area contributed by atoms with Crippen LogP contribution in [-0.2, 0) is 0 Å². The van der Waals surface area contributed by atoms with E-state index in [1.165, 1.54) is 6.20 Å². The van der Waals surface area contributed by atoms with Gasteiger partial charge in [-0.15, -0.1) is 0 Å². The van der Waals surface area contributed by atoms with E-state index < -0.39 is 12.5 Å². The van der Waals surface area contributed by atoms with Crippen LogP contribution >= 0.6 is 0 Å². The van der Waals surface area contributed by atoms with Crippen molar-refractivity contribution in [2.24, 2.45) is 0 Å². The molecule has 0 saturated carbocycles. The SMILES string of the molecule is Cc1cc(C(C)n2cc3c(C(=O)NCCCO)nccc3n2)ccc1OCC(C)(F)F. The predicted molar refractivity (Wildman–Crippen MR) is 113 cm³/mol. The number of benzene rings is 1. The molecule has 2 heterocycles. The van der Waals surface area contributed by atoms with Gasteiger partial charge in [0.15, 0.2) is 6.61 Å². The molecule has 31 heavy (non-hydrogen) atoms. The second kappa shape index (κ2) is 9.38. The summed E-state index contributed by atoms with van der Waals surface area (Å²) in [5, 5.41) is 16.8. The Bertz CT molecular complexity index is 1060. The first kappa shape index (κ1) is 22.6. The average molecular weight is 432 g/mol. The van der Waals surface area contributed by atoms with Gasteiger partial charge in [-0.2, -0.15) is 5.10 Å².